The van der Waals surface area contributed by atoms with Gasteiger partial charge >= 0.3 is 0 Å². The smallest absolute Gasteiger partial charge is 0.192 e. The summed E-state index contributed by atoms with van der Waals surface area (Å²) in [5.41, 5.74) is 4.23. The minimum atomic E-state index is -2.00. The molecule has 1 atom stereocenters. The fourth-order valence-corrected chi connectivity index (χ4v) is 6.48. The monoisotopic (exact) mass is 497 g/mol. The first-order valence-electron chi connectivity index (χ1n) is 12.9. The standard InChI is InChI=1S/C32H39NO2Si/c1-31(2,3)36(4,5)35-30-21-23-33(25-26(30)22-24-34)32(27-15-9-6-10-16-27,28-17-11-7-12-18-28)29-19-13-8-14-20-29/h6-20,22,24,30H,21,23,25H2,1-5H3. The molecule has 0 aromatic heterocycles. The molecule has 0 bridgehead atoms. The molecule has 1 aliphatic heterocycles. The Morgan fingerprint density at radius 3 is 1.64 bits per heavy atom. The molecule has 0 aliphatic carbocycles. The number of piperidine rings is 1. The van der Waals surface area contributed by atoms with Crippen LogP contribution in [0.15, 0.2) is 103 Å². The molecule has 1 fully saturated rings. The van der Waals surface area contributed by atoms with Crippen molar-refractivity contribution >= 4 is 14.6 Å². The summed E-state index contributed by atoms with van der Waals surface area (Å²) >= 11 is 0. The van der Waals surface area contributed by atoms with E-state index in [9.17, 15) is 4.79 Å². The van der Waals surface area contributed by atoms with Gasteiger partial charge in [0.2, 0.25) is 0 Å². The summed E-state index contributed by atoms with van der Waals surface area (Å²) in [5, 5.41) is 0.109. The Labute approximate surface area is 217 Å². The minimum Gasteiger partial charge on any atom is -0.410 e. The van der Waals surface area contributed by atoms with Crippen LogP contribution in [0.25, 0.3) is 0 Å². The van der Waals surface area contributed by atoms with Gasteiger partial charge in [-0.25, -0.2) is 0 Å². The van der Waals surface area contributed by atoms with Gasteiger partial charge < -0.3 is 4.43 Å². The van der Waals surface area contributed by atoms with E-state index in [4.69, 9.17) is 4.43 Å². The molecular formula is C32H39NO2Si. The van der Waals surface area contributed by atoms with Crippen LogP contribution in [0.5, 0.6) is 0 Å². The summed E-state index contributed by atoms with van der Waals surface area (Å²) in [5.74, 6) is 0. The van der Waals surface area contributed by atoms with Crippen molar-refractivity contribution in [1.29, 1.82) is 0 Å². The molecule has 3 aromatic carbocycles. The second kappa shape index (κ2) is 10.7. The third-order valence-electron chi connectivity index (χ3n) is 8.02. The van der Waals surface area contributed by atoms with Gasteiger partial charge in [-0.1, -0.05) is 112 Å². The Kier molecular flexibility index (Phi) is 7.79. The lowest BCUT2D eigenvalue weighted by Gasteiger charge is -2.50. The lowest BCUT2D eigenvalue weighted by molar-refractivity contribution is -0.104. The van der Waals surface area contributed by atoms with Gasteiger partial charge in [0, 0.05) is 13.1 Å². The maximum atomic E-state index is 11.8. The Balaban J connectivity index is 1.84. The number of likely N-dealkylation sites (tertiary alicyclic amines) is 1. The third-order valence-corrected chi connectivity index (χ3v) is 12.5. The van der Waals surface area contributed by atoms with Crippen LogP contribution in [0.2, 0.25) is 18.1 Å². The number of carbonyl (C=O) groups is 1. The zero-order valence-corrected chi connectivity index (χ0v) is 23.3. The van der Waals surface area contributed by atoms with Crippen molar-refractivity contribution in [3.05, 3.63) is 119 Å². The van der Waals surface area contributed by atoms with Gasteiger partial charge in [0.05, 0.1) is 11.6 Å². The van der Waals surface area contributed by atoms with Crippen LogP contribution in [0.4, 0.5) is 0 Å². The van der Waals surface area contributed by atoms with Gasteiger partial charge in [-0.15, -0.1) is 0 Å². The van der Waals surface area contributed by atoms with Crippen LogP contribution in [0.3, 0.4) is 0 Å². The van der Waals surface area contributed by atoms with E-state index in [1.54, 1.807) is 6.08 Å². The van der Waals surface area contributed by atoms with Crippen LogP contribution in [0.1, 0.15) is 43.9 Å². The molecule has 1 saturated heterocycles. The van der Waals surface area contributed by atoms with E-state index in [2.05, 4.69) is 130 Å². The van der Waals surface area contributed by atoms with E-state index in [1.165, 1.54) is 16.7 Å². The normalized spacial score (nSPS) is 18.8. The van der Waals surface area contributed by atoms with E-state index in [1.807, 2.05) is 0 Å². The molecule has 0 spiro atoms. The summed E-state index contributed by atoms with van der Waals surface area (Å²) < 4.78 is 6.87. The van der Waals surface area contributed by atoms with Crippen LogP contribution in [0, 0.1) is 0 Å². The second-order valence-corrected chi connectivity index (χ2v) is 16.0. The summed E-state index contributed by atoms with van der Waals surface area (Å²) in [7, 11) is -2.00. The highest BCUT2D eigenvalue weighted by Gasteiger charge is 2.46. The van der Waals surface area contributed by atoms with E-state index < -0.39 is 13.9 Å². The Morgan fingerprint density at radius 1 is 0.806 bits per heavy atom. The first-order chi connectivity index (χ1) is 17.2. The lowest BCUT2D eigenvalue weighted by Crippen LogP contribution is -2.55. The molecule has 1 heterocycles. The Hall–Kier alpha value is -2.79. The van der Waals surface area contributed by atoms with Crippen molar-refractivity contribution in [2.75, 3.05) is 13.1 Å². The molecule has 4 heteroatoms. The Bertz CT molecular complexity index is 1070. The van der Waals surface area contributed by atoms with Crippen LogP contribution in [-0.2, 0) is 14.8 Å². The van der Waals surface area contributed by atoms with Gasteiger partial charge in [-0.05, 0) is 52.9 Å². The van der Waals surface area contributed by atoms with E-state index in [-0.39, 0.29) is 11.1 Å². The molecule has 188 valence electrons. The van der Waals surface area contributed by atoms with Crippen molar-refractivity contribution in [2.45, 2.75) is 57.0 Å². The summed E-state index contributed by atoms with van der Waals surface area (Å²) in [6, 6.07) is 32.3. The quantitative estimate of drug-likeness (QED) is 0.150. The van der Waals surface area contributed by atoms with E-state index >= 15 is 0 Å². The fourth-order valence-electron chi connectivity index (χ4n) is 5.15. The van der Waals surface area contributed by atoms with Crippen LogP contribution < -0.4 is 0 Å². The fraction of sp³-hybridized carbons (Fsp3) is 0.344. The van der Waals surface area contributed by atoms with E-state index in [0.717, 1.165) is 24.8 Å². The van der Waals surface area contributed by atoms with Crippen molar-refractivity contribution < 1.29 is 9.22 Å². The third kappa shape index (κ3) is 5.03. The molecule has 0 amide bonds. The van der Waals surface area contributed by atoms with E-state index in [0.29, 0.717) is 6.54 Å². The molecule has 3 nitrogen and oxygen atoms in total. The zero-order valence-electron chi connectivity index (χ0n) is 22.3. The predicted molar refractivity (Wildman–Crippen MR) is 152 cm³/mol. The first-order valence-corrected chi connectivity index (χ1v) is 15.8. The number of allylic oxidation sites excluding steroid dienone is 1. The van der Waals surface area contributed by atoms with Gasteiger partial charge in [-0.3, -0.25) is 9.69 Å². The Morgan fingerprint density at radius 2 is 1.25 bits per heavy atom. The number of aldehydes is 1. The number of carbonyl (C=O) groups excluding carboxylic acids is 1. The number of rotatable bonds is 7. The SMILES string of the molecule is CC(C)(C)[Si](C)(C)OC1CCN(C(c2ccccc2)(c2ccccc2)c2ccccc2)CC1=CC=O. The highest BCUT2D eigenvalue weighted by Crippen LogP contribution is 2.45. The van der Waals surface area contributed by atoms with Crippen molar-refractivity contribution in [2.24, 2.45) is 0 Å². The molecule has 1 aliphatic rings. The average molecular weight is 498 g/mol. The lowest BCUT2D eigenvalue weighted by atomic mass is 9.74. The molecular weight excluding hydrogens is 458 g/mol. The highest BCUT2D eigenvalue weighted by molar-refractivity contribution is 6.74. The van der Waals surface area contributed by atoms with Gasteiger partial charge in [-0.2, -0.15) is 0 Å². The number of benzene rings is 3. The van der Waals surface area contributed by atoms with Crippen molar-refractivity contribution in [3.8, 4) is 0 Å². The first kappa shape index (κ1) is 26.3. The zero-order chi connectivity index (χ0) is 25.8. The highest BCUT2D eigenvalue weighted by atomic mass is 28.4. The number of hydrogen-bond acceptors (Lipinski definition) is 3. The van der Waals surface area contributed by atoms with Crippen LogP contribution >= 0.6 is 0 Å². The van der Waals surface area contributed by atoms with Gasteiger partial charge in [0.1, 0.15) is 6.29 Å². The molecule has 36 heavy (non-hydrogen) atoms. The average Bonchev–Trinajstić information content (AvgIpc) is 2.87. The van der Waals surface area contributed by atoms with Gasteiger partial charge in [0.25, 0.3) is 0 Å². The molecule has 1 unspecified atom stereocenters. The molecule has 0 radical (unpaired) electrons. The molecule has 4 rings (SSSR count). The molecule has 0 N–H and O–H groups in total. The van der Waals surface area contributed by atoms with Crippen molar-refractivity contribution in [1.82, 2.24) is 4.90 Å². The second-order valence-electron chi connectivity index (χ2n) is 11.3. The molecule has 3 aromatic rings. The topological polar surface area (TPSA) is 29.5 Å². The largest absolute Gasteiger partial charge is 0.410 e. The summed E-state index contributed by atoms with van der Waals surface area (Å²) in [6.07, 6.45) is 3.49. The van der Waals surface area contributed by atoms with Crippen LogP contribution in [-0.4, -0.2) is 38.7 Å². The maximum Gasteiger partial charge on any atom is 0.192 e. The maximum absolute atomic E-state index is 11.8. The number of nitrogens with zero attached hydrogens (tertiary/aromatic N) is 1. The van der Waals surface area contributed by atoms with Gasteiger partial charge in [0.15, 0.2) is 8.32 Å². The summed E-state index contributed by atoms with van der Waals surface area (Å²) in [4.78, 5) is 14.3. The summed E-state index contributed by atoms with van der Waals surface area (Å²) in [6.45, 7) is 12.9. The van der Waals surface area contributed by atoms with Crippen molar-refractivity contribution in [3.63, 3.8) is 0 Å². The predicted octanol–water partition coefficient (Wildman–Crippen LogP) is 7.20. The molecule has 0 saturated carbocycles. The minimum absolute atomic E-state index is 0.0349. The number of hydrogen-bond donors (Lipinski definition) is 0.